The lowest BCUT2D eigenvalue weighted by Crippen LogP contribution is -2.52. The van der Waals surface area contributed by atoms with Crippen molar-refractivity contribution >= 4 is 29.1 Å². The van der Waals surface area contributed by atoms with Gasteiger partial charge < -0.3 is 19.8 Å². The van der Waals surface area contributed by atoms with Crippen molar-refractivity contribution in [3.05, 3.63) is 88.5 Å². The fourth-order valence-electron chi connectivity index (χ4n) is 10.8. The SMILES string of the molecule is O=C1CCC(N2Cc3cc(N4CCN(CC5CCN(c6ccc([C@H]7c8ccc(O)cc8CC[C@H]7C7CCC(F)(F)CC7)cc6)CC5)CC4)ccc3C2=O)C(=O)N1. The Labute approximate surface area is 328 Å². The molecule has 1 saturated carbocycles. The summed E-state index contributed by atoms with van der Waals surface area (Å²) in [6.45, 7) is 7.39. The number of nitrogens with zero attached hydrogens (tertiary/aromatic N) is 4. The highest BCUT2D eigenvalue weighted by Crippen LogP contribution is 2.50. The Morgan fingerprint density at radius 1 is 0.732 bits per heavy atom. The van der Waals surface area contributed by atoms with Gasteiger partial charge in [0.25, 0.3) is 5.91 Å². The average Bonchev–Trinajstić information content (AvgIpc) is 3.53. The molecular weight excluding hydrogens is 713 g/mol. The van der Waals surface area contributed by atoms with E-state index in [9.17, 15) is 28.3 Å². The molecule has 4 aliphatic heterocycles. The number of phenols is 1. The third-order valence-corrected chi connectivity index (χ3v) is 14.0. The van der Waals surface area contributed by atoms with Gasteiger partial charge in [-0.3, -0.25) is 24.6 Å². The minimum Gasteiger partial charge on any atom is -0.508 e. The molecule has 3 saturated heterocycles. The standard InChI is InChI=1S/C45H53F2N5O4/c46-45(47)17-13-30(14-18-45)37-8-3-32-26-36(53)7-10-38(32)42(37)31-1-4-34(5-2-31)50-19-15-29(16-20-50)27-49-21-23-51(24-22-49)35-6-9-39-33(25-35)28-52(44(39)56)40-11-12-41(54)48-43(40)55/h1-2,4-7,9-10,25-26,29-30,37,40,42,53H,3,8,11-24,27-28H2,(H,48,54,55)/t37-,40?,42+/m0/s1. The molecule has 0 bridgehead atoms. The molecule has 3 atom stereocenters. The minimum atomic E-state index is -2.53. The molecule has 56 heavy (non-hydrogen) atoms. The van der Waals surface area contributed by atoms with Crippen LogP contribution in [0.15, 0.2) is 60.7 Å². The first-order valence-corrected chi connectivity index (χ1v) is 20.9. The molecule has 3 aromatic rings. The summed E-state index contributed by atoms with van der Waals surface area (Å²) in [4.78, 5) is 46.4. The third kappa shape index (κ3) is 7.39. The average molecular weight is 766 g/mol. The summed E-state index contributed by atoms with van der Waals surface area (Å²) >= 11 is 0. The van der Waals surface area contributed by atoms with E-state index in [2.05, 4.69) is 56.4 Å². The van der Waals surface area contributed by atoms with Gasteiger partial charge in [-0.1, -0.05) is 18.2 Å². The van der Waals surface area contributed by atoms with Crippen molar-refractivity contribution in [2.75, 3.05) is 55.6 Å². The number of fused-ring (bicyclic) bond motifs is 2. The van der Waals surface area contributed by atoms with E-state index in [0.29, 0.717) is 43.2 Å². The highest BCUT2D eigenvalue weighted by Gasteiger charge is 2.43. The minimum absolute atomic E-state index is 0.0102. The molecule has 296 valence electrons. The lowest BCUT2D eigenvalue weighted by atomic mass is 9.64. The van der Waals surface area contributed by atoms with Gasteiger partial charge in [-0.15, -0.1) is 0 Å². The van der Waals surface area contributed by atoms with Gasteiger partial charge in [0.1, 0.15) is 11.8 Å². The summed E-state index contributed by atoms with van der Waals surface area (Å²) in [6, 6.07) is 20.2. The number of piperidine rings is 2. The molecule has 2 N–H and O–H groups in total. The maximum absolute atomic E-state index is 14.1. The number of anilines is 2. The fraction of sp³-hybridized carbons (Fsp3) is 0.533. The molecular formula is C45H53F2N5O4. The van der Waals surface area contributed by atoms with E-state index in [1.165, 1.54) is 22.4 Å². The van der Waals surface area contributed by atoms with Crippen molar-refractivity contribution in [2.24, 2.45) is 17.8 Å². The van der Waals surface area contributed by atoms with E-state index < -0.39 is 12.0 Å². The first kappa shape index (κ1) is 37.1. The smallest absolute Gasteiger partial charge is 0.255 e. The third-order valence-electron chi connectivity index (χ3n) is 14.0. The number of nitrogens with one attached hydrogen (secondary N) is 1. The maximum Gasteiger partial charge on any atom is 0.255 e. The molecule has 0 radical (unpaired) electrons. The Morgan fingerprint density at radius 3 is 2.18 bits per heavy atom. The number of aromatic hydroxyl groups is 1. The van der Waals surface area contributed by atoms with Crippen molar-refractivity contribution < 1.29 is 28.3 Å². The summed E-state index contributed by atoms with van der Waals surface area (Å²) in [6.07, 6.45) is 5.91. The second kappa shape index (κ2) is 15.1. The van der Waals surface area contributed by atoms with Gasteiger partial charge in [-0.05, 0) is 127 Å². The highest BCUT2D eigenvalue weighted by molar-refractivity contribution is 6.05. The molecule has 0 aromatic heterocycles. The predicted molar refractivity (Wildman–Crippen MR) is 211 cm³/mol. The summed E-state index contributed by atoms with van der Waals surface area (Å²) in [7, 11) is 0. The van der Waals surface area contributed by atoms with E-state index >= 15 is 0 Å². The molecule has 11 heteroatoms. The first-order chi connectivity index (χ1) is 27.1. The lowest BCUT2D eigenvalue weighted by molar-refractivity contribution is -0.136. The van der Waals surface area contributed by atoms with E-state index in [1.807, 2.05) is 18.2 Å². The maximum atomic E-state index is 14.1. The number of hydrogen-bond donors (Lipinski definition) is 2. The lowest BCUT2D eigenvalue weighted by Gasteiger charge is -2.42. The molecule has 6 aliphatic rings. The number of hydrogen-bond acceptors (Lipinski definition) is 7. The molecule has 9 rings (SSSR count). The molecule has 1 unspecified atom stereocenters. The van der Waals surface area contributed by atoms with Crippen molar-refractivity contribution in [3.63, 3.8) is 0 Å². The number of phenolic OH excluding ortho intramolecular Hbond substituents is 1. The van der Waals surface area contributed by atoms with Crippen LogP contribution >= 0.6 is 0 Å². The summed E-state index contributed by atoms with van der Waals surface area (Å²) in [5.41, 5.74) is 7.62. The monoisotopic (exact) mass is 765 g/mol. The second-order valence-electron chi connectivity index (χ2n) is 17.3. The second-order valence-corrected chi connectivity index (χ2v) is 17.3. The van der Waals surface area contributed by atoms with Crippen LogP contribution in [-0.4, -0.2) is 90.4 Å². The number of benzene rings is 3. The van der Waals surface area contributed by atoms with E-state index in [4.69, 9.17) is 0 Å². The number of amides is 3. The van der Waals surface area contributed by atoms with Crippen LogP contribution < -0.4 is 15.1 Å². The van der Waals surface area contributed by atoms with E-state index in [0.717, 1.165) is 82.7 Å². The number of rotatable bonds is 7. The number of aryl methyl sites for hydroxylation is 1. The number of halogens is 2. The van der Waals surface area contributed by atoms with Crippen LogP contribution in [0.25, 0.3) is 0 Å². The van der Waals surface area contributed by atoms with Crippen LogP contribution in [0, 0.1) is 17.8 Å². The zero-order valence-corrected chi connectivity index (χ0v) is 32.1. The molecule has 4 fully saturated rings. The van der Waals surface area contributed by atoms with Gasteiger partial charge >= 0.3 is 0 Å². The molecule has 3 amide bonds. The normalized spacial score (nSPS) is 26.3. The fourth-order valence-corrected chi connectivity index (χ4v) is 10.8. The van der Waals surface area contributed by atoms with Crippen LogP contribution in [0.5, 0.6) is 5.75 Å². The highest BCUT2D eigenvalue weighted by atomic mass is 19.3. The van der Waals surface area contributed by atoms with Crippen molar-refractivity contribution in [1.82, 2.24) is 15.1 Å². The number of carbonyl (C=O) groups excluding carboxylic acids is 3. The van der Waals surface area contributed by atoms with Gasteiger partial charge in [0.05, 0.1) is 0 Å². The summed E-state index contributed by atoms with van der Waals surface area (Å²) in [5.74, 6) is -1.62. The number of carbonyl (C=O) groups is 3. The zero-order valence-electron chi connectivity index (χ0n) is 32.1. The Hall–Kier alpha value is -4.51. The summed E-state index contributed by atoms with van der Waals surface area (Å²) < 4.78 is 28.3. The van der Waals surface area contributed by atoms with Crippen molar-refractivity contribution in [2.45, 2.75) is 88.6 Å². The Balaban J connectivity index is 0.776. The number of imide groups is 1. The van der Waals surface area contributed by atoms with Gasteiger partial charge in [0, 0.05) is 94.5 Å². The van der Waals surface area contributed by atoms with Crippen LogP contribution in [0.4, 0.5) is 20.2 Å². The van der Waals surface area contributed by atoms with E-state index in [-0.39, 0.29) is 54.6 Å². The van der Waals surface area contributed by atoms with Gasteiger partial charge in [0.15, 0.2) is 0 Å². The molecule has 4 heterocycles. The van der Waals surface area contributed by atoms with Crippen molar-refractivity contribution in [1.29, 1.82) is 0 Å². The number of alkyl halides is 2. The van der Waals surface area contributed by atoms with Crippen LogP contribution in [0.2, 0.25) is 0 Å². The van der Waals surface area contributed by atoms with Gasteiger partial charge in [0.2, 0.25) is 17.7 Å². The molecule has 9 nitrogen and oxygen atoms in total. The van der Waals surface area contributed by atoms with E-state index in [1.54, 1.807) is 11.0 Å². The quantitative estimate of drug-likeness (QED) is 0.258. The van der Waals surface area contributed by atoms with Crippen LogP contribution in [0.1, 0.15) is 96.3 Å². The molecule has 0 spiro atoms. The Kier molecular flexibility index (Phi) is 10.0. The summed E-state index contributed by atoms with van der Waals surface area (Å²) in [5, 5.41) is 12.6. The van der Waals surface area contributed by atoms with Crippen molar-refractivity contribution in [3.8, 4) is 5.75 Å². The van der Waals surface area contributed by atoms with Gasteiger partial charge in [-0.25, -0.2) is 8.78 Å². The zero-order chi connectivity index (χ0) is 38.6. The van der Waals surface area contributed by atoms with Gasteiger partial charge in [-0.2, -0.15) is 0 Å². The van der Waals surface area contributed by atoms with Crippen LogP contribution in [-0.2, 0) is 22.6 Å². The van der Waals surface area contributed by atoms with Crippen LogP contribution in [0.3, 0.4) is 0 Å². The topological polar surface area (TPSA) is 96.4 Å². The largest absolute Gasteiger partial charge is 0.508 e. The molecule has 2 aliphatic carbocycles. The molecule has 3 aromatic carbocycles. The predicted octanol–water partition coefficient (Wildman–Crippen LogP) is 6.71. The Bertz CT molecular complexity index is 1960. The number of piperazine rings is 1. The first-order valence-electron chi connectivity index (χ1n) is 20.9. The Morgan fingerprint density at radius 2 is 1.45 bits per heavy atom.